The number of aryl methyl sites for hydroxylation is 1. The first kappa shape index (κ1) is 29.5. The van der Waals surface area contributed by atoms with Gasteiger partial charge in [-0.05, 0) is 47.7 Å². The third-order valence-corrected chi connectivity index (χ3v) is 6.23. The molecule has 0 spiro atoms. The van der Waals surface area contributed by atoms with Crippen LogP contribution < -0.4 is 10.2 Å². The van der Waals surface area contributed by atoms with Crippen molar-refractivity contribution in [2.24, 2.45) is 5.11 Å². The van der Waals surface area contributed by atoms with Crippen LogP contribution in [0.2, 0.25) is 5.02 Å². The second-order valence-corrected chi connectivity index (χ2v) is 8.99. The van der Waals surface area contributed by atoms with E-state index in [4.69, 9.17) is 21.9 Å². The number of rotatable bonds is 11. The van der Waals surface area contributed by atoms with Crippen molar-refractivity contribution in [3.8, 4) is 0 Å². The zero-order valence-electron chi connectivity index (χ0n) is 20.6. The predicted octanol–water partition coefficient (Wildman–Crippen LogP) is 5.75. The van der Waals surface area contributed by atoms with Gasteiger partial charge in [0.2, 0.25) is 10.8 Å². The number of nitrogens with zero attached hydrogens (tertiary/aromatic N) is 4. The minimum absolute atomic E-state index is 0.0345. The van der Waals surface area contributed by atoms with Crippen LogP contribution in [-0.2, 0) is 16.0 Å². The minimum Gasteiger partial charge on any atom is -0.447 e. The van der Waals surface area contributed by atoms with Crippen LogP contribution in [0.1, 0.15) is 18.4 Å². The molecule has 1 atom stereocenters. The largest absolute Gasteiger partial charge is 0.447 e. The van der Waals surface area contributed by atoms with Gasteiger partial charge >= 0.3 is 6.09 Å². The summed E-state index contributed by atoms with van der Waals surface area (Å²) in [5, 5.41) is 6.30. The summed E-state index contributed by atoms with van der Waals surface area (Å²) in [7, 11) is 1.27. The molecule has 14 heteroatoms. The van der Waals surface area contributed by atoms with Gasteiger partial charge in [-0.3, -0.25) is 10.1 Å². The van der Waals surface area contributed by atoms with Crippen molar-refractivity contribution in [2.75, 3.05) is 25.5 Å². The van der Waals surface area contributed by atoms with Crippen molar-refractivity contribution >= 4 is 40.2 Å². The van der Waals surface area contributed by atoms with Gasteiger partial charge < -0.3 is 9.64 Å². The molecule has 0 aliphatic heterocycles. The number of alkyl halides is 2. The Balaban J connectivity index is 1.68. The molecule has 206 valence electrons. The maximum absolute atomic E-state index is 14.5. The molecule has 2 amide bonds. The van der Waals surface area contributed by atoms with Gasteiger partial charge in [-0.1, -0.05) is 23.7 Å². The highest BCUT2D eigenvalue weighted by atomic mass is 35.5. The van der Waals surface area contributed by atoms with Gasteiger partial charge in [0.05, 0.1) is 11.1 Å². The summed E-state index contributed by atoms with van der Waals surface area (Å²) >= 11 is 5.92. The first-order valence-corrected chi connectivity index (χ1v) is 12.0. The monoisotopic (exact) mass is 567 g/mol. The maximum Gasteiger partial charge on any atom is 0.412 e. The lowest BCUT2D eigenvalue weighted by Crippen LogP contribution is -2.45. The van der Waals surface area contributed by atoms with Crippen LogP contribution in [0.5, 0.6) is 0 Å². The quantitative estimate of drug-likeness (QED) is 0.174. The molecular weight excluding hydrogens is 544 g/mol. The lowest BCUT2D eigenvalue weighted by atomic mass is 10.1. The Hall–Kier alpha value is -4.09. The molecule has 2 aromatic carbocycles. The van der Waals surface area contributed by atoms with Crippen LogP contribution in [-0.4, -0.2) is 54.0 Å². The predicted molar refractivity (Wildman–Crippen MR) is 135 cm³/mol. The SMILES string of the molecule is CN(C(=O)CCc1cccc(F)c1Cl)[C@H](COC(=O)Nc1cc2cc(F)ccc2cn1)CC(F)(F)CN=[N+]=N. The molecule has 1 heterocycles. The zero-order valence-corrected chi connectivity index (χ0v) is 21.4. The molecule has 39 heavy (non-hydrogen) atoms. The molecule has 0 saturated heterocycles. The average molecular weight is 568 g/mol. The standard InChI is InChI=1S/C25H23ClF4N6O3/c1-36(22(37)8-6-15-3-2-4-20(28)23(15)26)19(11-25(29,30)14-33-35-31)13-39-24(38)34-21-10-17-9-18(27)7-5-16(17)12-32-21/h2-5,7,9-10,12,19,31H,6,8,11,13-14H2,1H3/p+1/t19-/m0/s1. The fourth-order valence-electron chi connectivity index (χ4n) is 3.71. The van der Waals surface area contributed by atoms with Crippen LogP contribution >= 0.6 is 11.6 Å². The molecule has 1 aromatic heterocycles. The number of amides is 2. The highest BCUT2D eigenvalue weighted by Crippen LogP contribution is 2.25. The summed E-state index contributed by atoms with van der Waals surface area (Å²) in [5.74, 6) is -5.16. The molecule has 0 aliphatic rings. The molecule has 0 bridgehead atoms. The molecular formula is C25H24ClF4N6O3+. The lowest BCUT2D eigenvalue weighted by molar-refractivity contribution is -0.134. The molecule has 9 nitrogen and oxygen atoms in total. The number of fused-ring (bicyclic) bond motifs is 1. The normalized spacial score (nSPS) is 11.9. The van der Waals surface area contributed by atoms with E-state index in [0.717, 1.165) is 4.90 Å². The molecule has 0 radical (unpaired) electrons. The molecule has 0 fully saturated rings. The van der Waals surface area contributed by atoms with Crippen molar-refractivity contribution in [3.05, 3.63) is 70.9 Å². The molecule has 0 aliphatic carbocycles. The third-order valence-electron chi connectivity index (χ3n) is 5.81. The van der Waals surface area contributed by atoms with E-state index in [1.54, 1.807) is 6.07 Å². The van der Waals surface area contributed by atoms with Gasteiger partial charge in [0, 0.05) is 31.5 Å². The number of carbonyl (C=O) groups is 2. The number of aromatic nitrogens is 1. The van der Waals surface area contributed by atoms with Gasteiger partial charge in [0.1, 0.15) is 34.7 Å². The maximum atomic E-state index is 14.5. The number of ether oxygens (including phenoxy) is 1. The third kappa shape index (κ3) is 8.45. The van der Waals surface area contributed by atoms with E-state index in [2.05, 4.69) is 20.3 Å². The smallest absolute Gasteiger partial charge is 0.412 e. The summed E-state index contributed by atoms with van der Waals surface area (Å²) in [6.45, 7) is -1.72. The second-order valence-electron chi connectivity index (χ2n) is 8.62. The number of benzene rings is 2. The summed E-state index contributed by atoms with van der Waals surface area (Å²) in [6.07, 6.45) is -0.713. The number of halogens is 5. The van der Waals surface area contributed by atoms with E-state index in [1.165, 1.54) is 49.6 Å². The van der Waals surface area contributed by atoms with Crippen LogP contribution in [0, 0.1) is 17.2 Å². The summed E-state index contributed by atoms with van der Waals surface area (Å²) in [5.41, 5.74) is 6.98. The number of nitrogens with one attached hydrogen (secondary N) is 2. The number of pyridine rings is 1. The average Bonchev–Trinajstić information content (AvgIpc) is 2.89. The highest BCUT2D eigenvalue weighted by Gasteiger charge is 2.38. The van der Waals surface area contributed by atoms with Gasteiger partial charge in [-0.2, -0.15) is 0 Å². The fraction of sp³-hybridized carbons (Fsp3) is 0.320. The molecule has 0 unspecified atom stereocenters. The van der Waals surface area contributed by atoms with Gasteiger partial charge in [-0.25, -0.2) is 27.3 Å². The molecule has 3 aromatic rings. The van der Waals surface area contributed by atoms with Crippen molar-refractivity contribution in [1.29, 1.82) is 5.53 Å². The first-order chi connectivity index (χ1) is 18.5. The molecule has 2 N–H and O–H groups in total. The second kappa shape index (κ2) is 13.1. The molecule has 0 saturated carbocycles. The Morgan fingerprint density at radius 2 is 2.00 bits per heavy atom. The van der Waals surface area contributed by atoms with Gasteiger partial charge in [-0.15, -0.1) is 0 Å². The fourth-order valence-corrected chi connectivity index (χ4v) is 3.93. The Morgan fingerprint density at radius 3 is 2.74 bits per heavy atom. The zero-order chi connectivity index (χ0) is 28.6. The first-order valence-electron chi connectivity index (χ1n) is 11.6. The number of hydrogen-bond donors (Lipinski definition) is 2. The Bertz CT molecular complexity index is 1400. The molecule has 3 rings (SSSR count). The van der Waals surface area contributed by atoms with E-state index in [9.17, 15) is 27.2 Å². The van der Waals surface area contributed by atoms with E-state index >= 15 is 0 Å². The lowest BCUT2D eigenvalue weighted by Gasteiger charge is -2.30. The minimum atomic E-state index is -3.47. The van der Waals surface area contributed by atoms with Crippen LogP contribution in [0.3, 0.4) is 0 Å². The van der Waals surface area contributed by atoms with Crippen LogP contribution in [0.4, 0.5) is 28.2 Å². The van der Waals surface area contributed by atoms with Crippen LogP contribution in [0.25, 0.3) is 10.8 Å². The summed E-state index contributed by atoms with van der Waals surface area (Å²) in [6, 6.07) is 8.28. The van der Waals surface area contributed by atoms with E-state index in [0.29, 0.717) is 16.3 Å². The number of anilines is 1. The highest BCUT2D eigenvalue weighted by molar-refractivity contribution is 6.31. The number of carbonyl (C=O) groups excluding carboxylic acids is 2. The van der Waals surface area contributed by atoms with E-state index < -0.39 is 55.2 Å². The van der Waals surface area contributed by atoms with Crippen molar-refractivity contribution in [1.82, 2.24) is 14.8 Å². The van der Waals surface area contributed by atoms with Crippen molar-refractivity contribution in [3.63, 3.8) is 0 Å². The Morgan fingerprint density at radius 1 is 1.23 bits per heavy atom. The van der Waals surface area contributed by atoms with Crippen LogP contribution in [0.15, 0.2) is 53.8 Å². The Labute approximate surface area is 225 Å². The topological polar surface area (TPSA) is 122 Å². The van der Waals surface area contributed by atoms with Crippen molar-refractivity contribution < 1.29 is 31.9 Å². The number of hydrogen-bond acceptors (Lipinski definition) is 6. The number of likely N-dealkylation sites (N-methyl/N-ethyl adjacent to an activating group) is 1. The van der Waals surface area contributed by atoms with Gasteiger partial charge in [0.25, 0.3) is 5.92 Å². The van der Waals surface area contributed by atoms with E-state index in [-0.39, 0.29) is 23.7 Å². The van der Waals surface area contributed by atoms with E-state index in [1.807, 2.05) is 0 Å². The van der Waals surface area contributed by atoms with Crippen molar-refractivity contribution in [2.45, 2.75) is 31.2 Å². The summed E-state index contributed by atoms with van der Waals surface area (Å²) < 4.78 is 61.2. The summed E-state index contributed by atoms with van der Waals surface area (Å²) in [4.78, 5) is 32.8. The van der Waals surface area contributed by atoms with Gasteiger partial charge in [0.15, 0.2) is 6.54 Å². The Kier molecular flexibility index (Phi) is 9.91.